The predicted molar refractivity (Wildman–Crippen MR) is 90.4 cm³/mol. The fourth-order valence-electron chi connectivity index (χ4n) is 2.61. The normalized spacial score (nSPS) is 17.6. The molecular formula is C16H26BrN3. The lowest BCUT2D eigenvalue weighted by Gasteiger charge is -2.26. The highest BCUT2D eigenvalue weighted by Crippen LogP contribution is 2.25. The van der Waals surface area contributed by atoms with Crippen LogP contribution >= 0.6 is 15.9 Å². The van der Waals surface area contributed by atoms with Crippen molar-refractivity contribution in [1.82, 2.24) is 10.2 Å². The summed E-state index contributed by atoms with van der Waals surface area (Å²) >= 11 is 3.60. The number of nitrogens with one attached hydrogen (secondary N) is 1. The highest BCUT2D eigenvalue weighted by atomic mass is 79.9. The van der Waals surface area contributed by atoms with Gasteiger partial charge in [0.2, 0.25) is 0 Å². The smallest absolute Gasteiger partial charge is 0.0413 e. The zero-order valence-corrected chi connectivity index (χ0v) is 14.4. The summed E-state index contributed by atoms with van der Waals surface area (Å²) in [6.07, 6.45) is 1.24. The van der Waals surface area contributed by atoms with Gasteiger partial charge in [-0.05, 0) is 43.8 Å². The van der Waals surface area contributed by atoms with Gasteiger partial charge in [0.05, 0.1) is 0 Å². The van der Waals surface area contributed by atoms with Crippen molar-refractivity contribution in [3.05, 3.63) is 28.2 Å². The van der Waals surface area contributed by atoms with Crippen LogP contribution in [0.2, 0.25) is 0 Å². The van der Waals surface area contributed by atoms with Crippen molar-refractivity contribution < 1.29 is 0 Å². The fraction of sp³-hybridized carbons (Fsp3) is 0.625. The summed E-state index contributed by atoms with van der Waals surface area (Å²) in [4.78, 5) is 4.96. The Morgan fingerprint density at radius 2 is 2.00 bits per heavy atom. The standard InChI is InChI=1S/C16H26BrN3/c1-13(2)18-12-14-11-15(17)5-6-16(14)20-8-4-7-19(3)9-10-20/h5-6,11,13,18H,4,7-10,12H2,1-3H3. The molecule has 20 heavy (non-hydrogen) atoms. The number of hydrogen-bond donors (Lipinski definition) is 1. The summed E-state index contributed by atoms with van der Waals surface area (Å²) in [6.45, 7) is 9.93. The number of nitrogens with zero attached hydrogens (tertiary/aromatic N) is 2. The Balaban J connectivity index is 2.16. The van der Waals surface area contributed by atoms with Gasteiger partial charge in [-0.25, -0.2) is 0 Å². The van der Waals surface area contributed by atoms with Gasteiger partial charge in [-0.1, -0.05) is 29.8 Å². The molecule has 0 aliphatic carbocycles. The number of hydrogen-bond acceptors (Lipinski definition) is 3. The van der Waals surface area contributed by atoms with Crippen LogP contribution in [0.5, 0.6) is 0 Å². The minimum atomic E-state index is 0.511. The van der Waals surface area contributed by atoms with Gasteiger partial charge < -0.3 is 15.1 Å². The number of rotatable bonds is 4. The van der Waals surface area contributed by atoms with Crippen molar-refractivity contribution in [2.24, 2.45) is 0 Å². The molecule has 0 unspecified atom stereocenters. The molecule has 3 nitrogen and oxygen atoms in total. The Hall–Kier alpha value is -0.580. The molecule has 0 amide bonds. The molecule has 1 heterocycles. The van der Waals surface area contributed by atoms with E-state index in [1.165, 1.54) is 24.2 Å². The molecule has 4 heteroatoms. The van der Waals surface area contributed by atoms with E-state index in [1.807, 2.05) is 0 Å². The molecule has 0 atom stereocenters. The molecule has 0 bridgehead atoms. The Kier molecular flexibility index (Phi) is 5.87. The van der Waals surface area contributed by atoms with Gasteiger partial charge in [-0.2, -0.15) is 0 Å². The number of halogens is 1. The lowest BCUT2D eigenvalue weighted by Crippen LogP contribution is -2.30. The van der Waals surface area contributed by atoms with Crippen LogP contribution in [0.1, 0.15) is 25.8 Å². The topological polar surface area (TPSA) is 18.5 Å². The van der Waals surface area contributed by atoms with Gasteiger partial charge in [0, 0.05) is 42.4 Å². The van der Waals surface area contributed by atoms with Crippen molar-refractivity contribution in [1.29, 1.82) is 0 Å². The summed E-state index contributed by atoms with van der Waals surface area (Å²) in [7, 11) is 2.21. The lowest BCUT2D eigenvalue weighted by molar-refractivity contribution is 0.360. The van der Waals surface area contributed by atoms with Gasteiger partial charge >= 0.3 is 0 Å². The van der Waals surface area contributed by atoms with E-state index in [1.54, 1.807) is 0 Å². The molecule has 112 valence electrons. The molecule has 2 rings (SSSR count). The molecule has 1 fully saturated rings. The first-order valence-electron chi connectivity index (χ1n) is 7.51. The van der Waals surface area contributed by atoms with E-state index in [0.717, 1.165) is 30.7 Å². The first-order chi connectivity index (χ1) is 9.56. The summed E-state index contributed by atoms with van der Waals surface area (Å²) in [5.74, 6) is 0. The second-order valence-electron chi connectivity index (χ2n) is 5.95. The van der Waals surface area contributed by atoms with Crippen molar-refractivity contribution in [2.75, 3.05) is 38.1 Å². The average Bonchev–Trinajstić information content (AvgIpc) is 2.61. The molecule has 0 radical (unpaired) electrons. The van der Waals surface area contributed by atoms with E-state index in [0.29, 0.717) is 6.04 Å². The van der Waals surface area contributed by atoms with Crippen LogP contribution in [0.4, 0.5) is 5.69 Å². The van der Waals surface area contributed by atoms with Gasteiger partial charge in [0.15, 0.2) is 0 Å². The van der Waals surface area contributed by atoms with E-state index < -0.39 is 0 Å². The molecule has 0 aromatic heterocycles. The Bertz CT molecular complexity index is 434. The molecule has 1 aromatic rings. The van der Waals surface area contributed by atoms with E-state index in [9.17, 15) is 0 Å². The fourth-order valence-corrected chi connectivity index (χ4v) is 3.01. The van der Waals surface area contributed by atoms with Crippen molar-refractivity contribution >= 4 is 21.6 Å². The third kappa shape index (κ3) is 4.47. The van der Waals surface area contributed by atoms with E-state index >= 15 is 0 Å². The van der Waals surface area contributed by atoms with Gasteiger partial charge in [0.25, 0.3) is 0 Å². The van der Waals surface area contributed by atoms with Crippen molar-refractivity contribution in [3.63, 3.8) is 0 Å². The van der Waals surface area contributed by atoms with Crippen molar-refractivity contribution in [2.45, 2.75) is 32.9 Å². The van der Waals surface area contributed by atoms with Crippen LogP contribution in [-0.2, 0) is 6.54 Å². The highest BCUT2D eigenvalue weighted by molar-refractivity contribution is 9.10. The highest BCUT2D eigenvalue weighted by Gasteiger charge is 2.15. The summed E-state index contributed by atoms with van der Waals surface area (Å²) < 4.78 is 1.16. The Morgan fingerprint density at radius 3 is 2.75 bits per heavy atom. The number of anilines is 1. The predicted octanol–water partition coefficient (Wildman–Crippen LogP) is 3.09. The Labute approximate surface area is 131 Å². The average molecular weight is 340 g/mol. The summed E-state index contributed by atoms with van der Waals surface area (Å²) in [5.41, 5.74) is 2.77. The third-order valence-electron chi connectivity index (χ3n) is 3.80. The molecule has 1 aliphatic heterocycles. The minimum absolute atomic E-state index is 0.511. The quantitative estimate of drug-likeness (QED) is 0.909. The lowest BCUT2D eigenvalue weighted by atomic mass is 10.1. The maximum absolute atomic E-state index is 3.60. The second-order valence-corrected chi connectivity index (χ2v) is 6.87. The van der Waals surface area contributed by atoms with Crippen molar-refractivity contribution in [3.8, 4) is 0 Å². The first kappa shape index (κ1) is 15.8. The SMILES string of the molecule is CC(C)NCc1cc(Br)ccc1N1CCCN(C)CC1. The molecule has 1 saturated heterocycles. The van der Waals surface area contributed by atoms with Gasteiger partial charge in [0.1, 0.15) is 0 Å². The molecule has 0 spiro atoms. The van der Waals surface area contributed by atoms with E-state index in [4.69, 9.17) is 0 Å². The zero-order chi connectivity index (χ0) is 14.5. The summed E-state index contributed by atoms with van der Waals surface area (Å²) in [6, 6.07) is 7.17. The maximum atomic E-state index is 3.60. The van der Waals surface area contributed by atoms with Crippen LogP contribution in [0.25, 0.3) is 0 Å². The summed E-state index contributed by atoms with van der Waals surface area (Å²) in [5, 5.41) is 3.53. The van der Waals surface area contributed by atoms with E-state index in [-0.39, 0.29) is 0 Å². The maximum Gasteiger partial charge on any atom is 0.0413 e. The monoisotopic (exact) mass is 339 g/mol. The van der Waals surface area contributed by atoms with Crippen LogP contribution in [-0.4, -0.2) is 44.2 Å². The zero-order valence-electron chi connectivity index (χ0n) is 12.8. The van der Waals surface area contributed by atoms with Crippen LogP contribution in [0.15, 0.2) is 22.7 Å². The largest absolute Gasteiger partial charge is 0.370 e. The van der Waals surface area contributed by atoms with Crippen LogP contribution in [0, 0.1) is 0 Å². The third-order valence-corrected chi connectivity index (χ3v) is 4.30. The molecule has 1 N–H and O–H groups in total. The van der Waals surface area contributed by atoms with Gasteiger partial charge in [-0.15, -0.1) is 0 Å². The van der Waals surface area contributed by atoms with Crippen LogP contribution in [0.3, 0.4) is 0 Å². The molecule has 0 saturated carbocycles. The Morgan fingerprint density at radius 1 is 1.20 bits per heavy atom. The van der Waals surface area contributed by atoms with Crippen LogP contribution < -0.4 is 10.2 Å². The number of likely N-dealkylation sites (N-methyl/N-ethyl adjacent to an activating group) is 1. The second kappa shape index (κ2) is 7.43. The molecule has 1 aliphatic rings. The van der Waals surface area contributed by atoms with E-state index in [2.05, 4.69) is 70.1 Å². The minimum Gasteiger partial charge on any atom is -0.370 e. The first-order valence-corrected chi connectivity index (χ1v) is 8.31. The van der Waals surface area contributed by atoms with Gasteiger partial charge in [-0.3, -0.25) is 0 Å². The molecule has 1 aromatic carbocycles. The number of benzene rings is 1. The molecular weight excluding hydrogens is 314 g/mol.